The minimum Gasteiger partial charge on any atom is -0.373 e. The van der Waals surface area contributed by atoms with Crippen LogP contribution in [0, 0.1) is 12.8 Å². The van der Waals surface area contributed by atoms with Gasteiger partial charge in [-0.05, 0) is 50.8 Å². The van der Waals surface area contributed by atoms with Crippen molar-refractivity contribution in [3.05, 3.63) is 52.4 Å². The maximum atomic E-state index is 12.9. The number of hydrogen-bond acceptors (Lipinski definition) is 7. The Morgan fingerprint density at radius 3 is 2.70 bits per heavy atom. The van der Waals surface area contributed by atoms with Crippen molar-refractivity contribution in [3.8, 4) is 5.69 Å². The molecule has 4 aromatic rings. The first-order chi connectivity index (χ1) is 15.9. The van der Waals surface area contributed by atoms with Crippen LogP contribution in [0.5, 0.6) is 0 Å². The standard InChI is InChI=1S/C22H22ClN7O2S/c1-12-27-19-18(22(2,32-3)13-4-5-13)16(11-24-20(19)33-12)29-21(31)28-14-6-7-17(15(23)10-14)30-25-8-9-26-30/h6-11,13H,4-5H2,1-3H3,(H2,28,29,31). The van der Waals surface area contributed by atoms with E-state index in [0.717, 1.165) is 33.8 Å². The number of urea groups is 1. The van der Waals surface area contributed by atoms with E-state index in [9.17, 15) is 4.79 Å². The Balaban J connectivity index is 1.44. The summed E-state index contributed by atoms with van der Waals surface area (Å²) in [6.07, 6.45) is 6.95. The Morgan fingerprint density at radius 1 is 1.27 bits per heavy atom. The van der Waals surface area contributed by atoms with Crippen LogP contribution in [-0.2, 0) is 10.3 Å². The van der Waals surface area contributed by atoms with E-state index in [1.165, 1.54) is 16.1 Å². The zero-order chi connectivity index (χ0) is 23.2. The predicted molar refractivity (Wildman–Crippen MR) is 128 cm³/mol. The molecule has 0 spiro atoms. The summed E-state index contributed by atoms with van der Waals surface area (Å²) in [4.78, 5) is 24.4. The van der Waals surface area contributed by atoms with Gasteiger partial charge in [-0.25, -0.2) is 14.8 Å². The first-order valence-corrected chi connectivity index (χ1v) is 11.6. The van der Waals surface area contributed by atoms with Crippen molar-refractivity contribution >= 4 is 50.7 Å². The first-order valence-electron chi connectivity index (χ1n) is 10.4. The van der Waals surface area contributed by atoms with Gasteiger partial charge < -0.3 is 15.4 Å². The number of methoxy groups -OCH3 is 1. The fraction of sp³-hybridized carbons (Fsp3) is 0.318. The number of amides is 2. The van der Waals surface area contributed by atoms with E-state index < -0.39 is 11.6 Å². The lowest BCUT2D eigenvalue weighted by atomic mass is 9.89. The maximum Gasteiger partial charge on any atom is 0.323 e. The number of aromatic nitrogens is 5. The largest absolute Gasteiger partial charge is 0.373 e. The number of fused-ring (bicyclic) bond motifs is 1. The van der Waals surface area contributed by atoms with Crippen molar-refractivity contribution in [2.24, 2.45) is 5.92 Å². The lowest BCUT2D eigenvalue weighted by molar-refractivity contribution is -0.0163. The second kappa shape index (κ2) is 8.36. The van der Waals surface area contributed by atoms with E-state index in [1.807, 2.05) is 6.92 Å². The molecule has 0 aliphatic heterocycles. The highest BCUT2D eigenvalue weighted by Gasteiger charge is 2.46. The maximum absolute atomic E-state index is 12.9. The lowest BCUT2D eigenvalue weighted by Gasteiger charge is -2.31. The minimum absolute atomic E-state index is 0.362. The molecule has 1 fully saturated rings. The molecule has 1 saturated carbocycles. The smallest absolute Gasteiger partial charge is 0.323 e. The summed E-state index contributed by atoms with van der Waals surface area (Å²) in [5.74, 6) is 0.362. The molecule has 9 nitrogen and oxygen atoms in total. The van der Waals surface area contributed by atoms with Gasteiger partial charge in [0.25, 0.3) is 0 Å². The number of pyridine rings is 1. The molecular weight excluding hydrogens is 462 g/mol. The molecule has 1 atom stereocenters. The number of thiazole rings is 1. The molecule has 0 bridgehead atoms. The van der Waals surface area contributed by atoms with Crippen LogP contribution in [0.2, 0.25) is 5.02 Å². The summed E-state index contributed by atoms with van der Waals surface area (Å²) in [6, 6.07) is 4.71. The topological polar surface area (TPSA) is 107 Å². The Hall–Kier alpha value is -3.08. The average molecular weight is 484 g/mol. The van der Waals surface area contributed by atoms with Crippen LogP contribution in [0.1, 0.15) is 30.3 Å². The van der Waals surface area contributed by atoms with Gasteiger partial charge in [-0.3, -0.25) is 0 Å². The number of nitrogens with one attached hydrogen (secondary N) is 2. The molecule has 2 amide bonds. The van der Waals surface area contributed by atoms with Gasteiger partial charge in [0.15, 0.2) is 0 Å². The quantitative estimate of drug-likeness (QED) is 0.392. The van der Waals surface area contributed by atoms with Gasteiger partial charge in [-0.15, -0.1) is 0 Å². The molecule has 1 aromatic carbocycles. The molecule has 33 heavy (non-hydrogen) atoms. The number of halogens is 1. The third kappa shape index (κ3) is 4.05. The number of aryl methyl sites for hydroxylation is 1. The SMILES string of the molecule is COC(C)(c1c(NC(=O)Nc2ccc(-n3nccn3)c(Cl)c2)cnc2sc(C)nc12)C1CC1. The Morgan fingerprint density at radius 2 is 2.03 bits per heavy atom. The zero-order valence-electron chi connectivity index (χ0n) is 18.3. The van der Waals surface area contributed by atoms with Gasteiger partial charge in [0.1, 0.15) is 16.0 Å². The summed E-state index contributed by atoms with van der Waals surface area (Å²) in [6.45, 7) is 4.00. The average Bonchev–Trinajstić information content (AvgIpc) is 3.37. The van der Waals surface area contributed by atoms with E-state index in [4.69, 9.17) is 21.3 Å². The van der Waals surface area contributed by atoms with Crippen molar-refractivity contribution in [1.29, 1.82) is 0 Å². The molecule has 11 heteroatoms. The Bertz CT molecular complexity index is 1340. The van der Waals surface area contributed by atoms with Crippen molar-refractivity contribution in [3.63, 3.8) is 0 Å². The number of ether oxygens (including phenoxy) is 1. The second-order valence-corrected chi connectivity index (χ2v) is 9.67. The van der Waals surface area contributed by atoms with Gasteiger partial charge >= 0.3 is 6.03 Å². The molecular formula is C22H22ClN7O2S. The molecule has 1 unspecified atom stereocenters. The van der Waals surface area contributed by atoms with Gasteiger partial charge in [0.05, 0.1) is 39.9 Å². The molecule has 170 valence electrons. The highest BCUT2D eigenvalue weighted by atomic mass is 35.5. The summed E-state index contributed by atoms with van der Waals surface area (Å²) < 4.78 is 6.00. The van der Waals surface area contributed by atoms with Crippen LogP contribution in [0.4, 0.5) is 16.2 Å². The number of carbonyl (C=O) groups is 1. The molecule has 1 aliphatic rings. The van der Waals surface area contributed by atoms with Crippen LogP contribution in [0.15, 0.2) is 36.8 Å². The molecule has 3 aromatic heterocycles. The minimum atomic E-state index is -0.577. The van der Waals surface area contributed by atoms with E-state index >= 15 is 0 Å². The summed E-state index contributed by atoms with van der Waals surface area (Å²) >= 11 is 7.90. The van der Waals surface area contributed by atoms with Crippen molar-refractivity contribution in [2.45, 2.75) is 32.3 Å². The second-order valence-electron chi connectivity index (χ2n) is 8.08. The van der Waals surface area contributed by atoms with Crippen LogP contribution < -0.4 is 10.6 Å². The summed E-state index contributed by atoms with van der Waals surface area (Å²) in [7, 11) is 1.70. The fourth-order valence-electron chi connectivity index (χ4n) is 4.06. The highest BCUT2D eigenvalue weighted by Crippen LogP contribution is 2.51. The predicted octanol–water partition coefficient (Wildman–Crippen LogP) is 5.15. The highest BCUT2D eigenvalue weighted by molar-refractivity contribution is 7.18. The molecule has 0 saturated heterocycles. The molecule has 1 aliphatic carbocycles. The number of carbonyl (C=O) groups excluding carboxylic acids is 1. The molecule has 2 N–H and O–H groups in total. The normalized spacial score (nSPS) is 15.4. The zero-order valence-corrected chi connectivity index (χ0v) is 19.9. The number of rotatable bonds is 6. The van der Waals surface area contributed by atoms with Crippen molar-refractivity contribution in [2.75, 3.05) is 17.7 Å². The molecule has 3 heterocycles. The Kier molecular flexibility index (Phi) is 5.51. The van der Waals surface area contributed by atoms with Crippen LogP contribution in [0.3, 0.4) is 0 Å². The van der Waals surface area contributed by atoms with Crippen molar-refractivity contribution in [1.82, 2.24) is 25.0 Å². The van der Waals surface area contributed by atoms with Crippen LogP contribution in [0.25, 0.3) is 16.0 Å². The van der Waals surface area contributed by atoms with Crippen LogP contribution >= 0.6 is 22.9 Å². The first kappa shape index (κ1) is 21.7. The lowest BCUT2D eigenvalue weighted by Crippen LogP contribution is -2.30. The summed E-state index contributed by atoms with van der Waals surface area (Å²) in [5.41, 5.74) is 2.77. The number of benzene rings is 1. The summed E-state index contributed by atoms with van der Waals surface area (Å²) in [5, 5.41) is 15.2. The molecule has 5 rings (SSSR count). The van der Waals surface area contributed by atoms with Gasteiger partial charge in [0, 0.05) is 18.4 Å². The van der Waals surface area contributed by atoms with Crippen molar-refractivity contribution < 1.29 is 9.53 Å². The number of anilines is 2. The fourth-order valence-corrected chi connectivity index (χ4v) is 5.08. The number of nitrogens with zero attached hydrogens (tertiary/aromatic N) is 5. The monoisotopic (exact) mass is 483 g/mol. The number of hydrogen-bond donors (Lipinski definition) is 2. The van der Waals surface area contributed by atoms with Gasteiger partial charge in [-0.2, -0.15) is 15.0 Å². The van der Waals surface area contributed by atoms with E-state index in [-0.39, 0.29) is 0 Å². The van der Waals surface area contributed by atoms with E-state index in [0.29, 0.717) is 28.0 Å². The Labute approximate surface area is 199 Å². The van der Waals surface area contributed by atoms with Gasteiger partial charge in [0.2, 0.25) is 0 Å². The molecule has 0 radical (unpaired) electrons. The third-order valence-electron chi connectivity index (χ3n) is 5.90. The third-order valence-corrected chi connectivity index (χ3v) is 7.08. The van der Waals surface area contributed by atoms with E-state index in [2.05, 4.69) is 32.7 Å². The van der Waals surface area contributed by atoms with Crippen LogP contribution in [-0.4, -0.2) is 38.1 Å². The van der Waals surface area contributed by atoms with Gasteiger partial charge in [-0.1, -0.05) is 22.9 Å². The van der Waals surface area contributed by atoms with E-state index in [1.54, 1.807) is 43.9 Å².